The van der Waals surface area contributed by atoms with Gasteiger partial charge >= 0.3 is 6.03 Å². The number of piperidine rings is 1. The van der Waals surface area contributed by atoms with E-state index in [1.807, 2.05) is 0 Å². The van der Waals surface area contributed by atoms with Gasteiger partial charge in [-0.25, -0.2) is 4.79 Å². The third-order valence-electron chi connectivity index (χ3n) is 4.19. The number of likely N-dealkylation sites (tertiary alicyclic amines) is 1. The second kappa shape index (κ2) is 5.98. The van der Waals surface area contributed by atoms with Gasteiger partial charge in [0.25, 0.3) is 5.91 Å². The third-order valence-corrected chi connectivity index (χ3v) is 4.19. The largest absolute Gasteiger partial charge is 0.340 e. The fraction of sp³-hybridized carbons (Fsp3) is 0.643. The summed E-state index contributed by atoms with van der Waals surface area (Å²) in [6, 6.07) is -0.426. The summed E-state index contributed by atoms with van der Waals surface area (Å²) in [5.74, 6) is 0.532. The van der Waals surface area contributed by atoms with Crippen molar-refractivity contribution in [1.29, 1.82) is 0 Å². The minimum atomic E-state index is -0.426. The van der Waals surface area contributed by atoms with E-state index in [0.717, 1.165) is 17.7 Å². The number of aryl methyl sites for hydroxylation is 1. The van der Waals surface area contributed by atoms with Crippen molar-refractivity contribution in [3.05, 3.63) is 11.7 Å². The van der Waals surface area contributed by atoms with Crippen LogP contribution in [0, 0.1) is 6.92 Å². The Morgan fingerprint density at radius 1 is 1.39 bits per heavy atom. The van der Waals surface area contributed by atoms with Crippen LogP contribution in [0.2, 0.25) is 0 Å². The summed E-state index contributed by atoms with van der Waals surface area (Å²) in [5.41, 5.74) is 0. The van der Waals surface area contributed by atoms with Gasteiger partial charge in [-0.3, -0.25) is 14.5 Å². The second-order valence-corrected chi connectivity index (χ2v) is 5.98. The Labute approximate surface area is 133 Å². The minimum absolute atomic E-state index is 0.00144. The monoisotopic (exact) mass is 321 g/mol. The zero-order valence-corrected chi connectivity index (χ0v) is 13.2. The van der Waals surface area contributed by atoms with E-state index in [9.17, 15) is 14.4 Å². The second-order valence-electron chi connectivity index (χ2n) is 5.98. The number of amides is 4. The number of urea groups is 1. The molecule has 2 aliphatic heterocycles. The van der Waals surface area contributed by atoms with E-state index in [2.05, 4.69) is 10.1 Å². The van der Waals surface area contributed by atoms with E-state index in [-0.39, 0.29) is 30.8 Å². The molecule has 0 aromatic carbocycles. The average Bonchev–Trinajstić information content (AvgIpc) is 3.06. The molecule has 2 saturated heterocycles. The number of hydrogen-bond donors (Lipinski definition) is 0. The molecule has 9 heteroatoms. The summed E-state index contributed by atoms with van der Waals surface area (Å²) in [6.45, 7) is 2.63. The number of hydrogen-bond acceptors (Lipinski definition) is 6. The molecule has 2 fully saturated rings. The highest BCUT2D eigenvalue weighted by molar-refractivity contribution is 6.04. The highest BCUT2D eigenvalue weighted by Gasteiger charge is 2.37. The van der Waals surface area contributed by atoms with Gasteiger partial charge in [-0.1, -0.05) is 5.16 Å². The van der Waals surface area contributed by atoms with Crippen molar-refractivity contribution in [3.63, 3.8) is 0 Å². The minimum Gasteiger partial charge on any atom is -0.340 e. The number of carbonyl (C=O) groups excluding carboxylic acids is 3. The van der Waals surface area contributed by atoms with Gasteiger partial charge in [-0.2, -0.15) is 4.98 Å². The summed E-state index contributed by atoms with van der Waals surface area (Å²) in [5, 5.41) is 3.78. The maximum absolute atomic E-state index is 12.4. The Balaban J connectivity index is 1.63. The van der Waals surface area contributed by atoms with Crippen molar-refractivity contribution in [2.24, 2.45) is 0 Å². The quantitative estimate of drug-likeness (QED) is 0.725. The van der Waals surface area contributed by atoms with Crippen LogP contribution in [-0.4, -0.2) is 75.9 Å². The maximum Gasteiger partial charge on any atom is 0.327 e. The lowest BCUT2D eigenvalue weighted by atomic mass is 9.98. The van der Waals surface area contributed by atoms with Crippen LogP contribution in [0.5, 0.6) is 0 Å². The summed E-state index contributed by atoms with van der Waals surface area (Å²) in [4.78, 5) is 44.2. The molecule has 23 heavy (non-hydrogen) atoms. The number of imide groups is 1. The Morgan fingerprint density at radius 2 is 2.17 bits per heavy atom. The smallest absolute Gasteiger partial charge is 0.327 e. The summed E-state index contributed by atoms with van der Waals surface area (Å²) in [7, 11) is 1.54. The molecule has 9 nitrogen and oxygen atoms in total. The predicted octanol–water partition coefficient (Wildman–Crippen LogP) is -0.0220. The SMILES string of the molecule is Cc1noc([C@@H]2CCCN(C(=O)CN3C(=O)CN(C)C3=O)C2)n1. The molecule has 0 saturated carbocycles. The van der Waals surface area contributed by atoms with Crippen molar-refractivity contribution < 1.29 is 18.9 Å². The molecule has 0 unspecified atom stereocenters. The zero-order valence-electron chi connectivity index (χ0n) is 13.2. The van der Waals surface area contributed by atoms with Crippen LogP contribution < -0.4 is 0 Å². The topological polar surface area (TPSA) is 99.9 Å². The van der Waals surface area contributed by atoms with E-state index in [4.69, 9.17) is 4.52 Å². The van der Waals surface area contributed by atoms with Gasteiger partial charge in [0.15, 0.2) is 5.82 Å². The standard InChI is InChI=1S/C14H19N5O4/c1-9-15-13(23-16-9)10-4-3-5-18(6-10)11(20)8-19-12(21)7-17(2)14(19)22/h10H,3-8H2,1-2H3/t10-/m1/s1. The summed E-state index contributed by atoms with van der Waals surface area (Å²) >= 11 is 0. The first kappa shape index (κ1) is 15.4. The van der Waals surface area contributed by atoms with Gasteiger partial charge in [0.05, 0.1) is 5.92 Å². The molecule has 3 heterocycles. The zero-order chi connectivity index (χ0) is 16.6. The summed E-state index contributed by atoms with van der Waals surface area (Å²) in [6.07, 6.45) is 1.69. The molecule has 0 bridgehead atoms. The van der Waals surface area contributed by atoms with Gasteiger partial charge in [0.1, 0.15) is 13.1 Å². The number of nitrogens with zero attached hydrogens (tertiary/aromatic N) is 5. The molecule has 1 aromatic heterocycles. The molecule has 0 N–H and O–H groups in total. The van der Waals surface area contributed by atoms with Crippen molar-refractivity contribution in [2.75, 3.05) is 33.2 Å². The fourth-order valence-corrected chi connectivity index (χ4v) is 2.94. The molecule has 2 aliphatic rings. The van der Waals surface area contributed by atoms with Crippen LogP contribution >= 0.6 is 0 Å². The van der Waals surface area contributed by atoms with Crippen LogP contribution in [0.3, 0.4) is 0 Å². The van der Waals surface area contributed by atoms with E-state index in [0.29, 0.717) is 24.8 Å². The molecule has 0 radical (unpaired) electrons. The molecule has 0 aliphatic carbocycles. The number of carbonyl (C=O) groups is 3. The molecule has 4 amide bonds. The number of rotatable bonds is 3. The van der Waals surface area contributed by atoms with Gasteiger partial charge in [-0.05, 0) is 19.8 Å². The Hall–Kier alpha value is -2.45. The van der Waals surface area contributed by atoms with Gasteiger partial charge in [0, 0.05) is 20.1 Å². The first-order valence-corrected chi connectivity index (χ1v) is 7.59. The Morgan fingerprint density at radius 3 is 2.78 bits per heavy atom. The highest BCUT2D eigenvalue weighted by Crippen LogP contribution is 2.25. The summed E-state index contributed by atoms with van der Waals surface area (Å²) < 4.78 is 5.19. The third kappa shape index (κ3) is 3.03. The van der Waals surface area contributed by atoms with Crippen molar-refractivity contribution in [2.45, 2.75) is 25.7 Å². The first-order valence-electron chi connectivity index (χ1n) is 7.59. The van der Waals surface area contributed by atoms with Crippen LogP contribution in [0.15, 0.2) is 4.52 Å². The fourth-order valence-electron chi connectivity index (χ4n) is 2.94. The van der Waals surface area contributed by atoms with E-state index >= 15 is 0 Å². The van der Waals surface area contributed by atoms with Crippen LogP contribution in [0.4, 0.5) is 4.79 Å². The molecule has 3 rings (SSSR count). The molecule has 1 atom stereocenters. The van der Waals surface area contributed by atoms with Gasteiger partial charge in [-0.15, -0.1) is 0 Å². The molecule has 1 aromatic rings. The Bertz CT molecular complexity index is 643. The van der Waals surface area contributed by atoms with Crippen molar-refractivity contribution in [1.82, 2.24) is 24.8 Å². The van der Waals surface area contributed by atoms with Gasteiger partial charge in [0.2, 0.25) is 11.8 Å². The molecular weight excluding hydrogens is 302 g/mol. The van der Waals surface area contributed by atoms with E-state index < -0.39 is 6.03 Å². The van der Waals surface area contributed by atoms with E-state index in [1.165, 1.54) is 4.90 Å². The molecule has 124 valence electrons. The first-order chi connectivity index (χ1) is 11.0. The maximum atomic E-state index is 12.4. The molecule has 0 spiro atoms. The Kier molecular flexibility index (Phi) is 4.01. The predicted molar refractivity (Wildman–Crippen MR) is 77.3 cm³/mol. The number of aromatic nitrogens is 2. The van der Waals surface area contributed by atoms with Gasteiger partial charge < -0.3 is 14.3 Å². The highest BCUT2D eigenvalue weighted by atomic mass is 16.5. The average molecular weight is 321 g/mol. The lowest BCUT2D eigenvalue weighted by molar-refractivity contribution is -0.137. The van der Waals surface area contributed by atoms with Crippen LogP contribution in [0.1, 0.15) is 30.5 Å². The van der Waals surface area contributed by atoms with Crippen LogP contribution in [0.25, 0.3) is 0 Å². The lowest BCUT2D eigenvalue weighted by Gasteiger charge is -2.31. The van der Waals surface area contributed by atoms with E-state index in [1.54, 1.807) is 18.9 Å². The number of likely N-dealkylation sites (N-methyl/N-ethyl adjacent to an activating group) is 1. The van der Waals surface area contributed by atoms with Crippen molar-refractivity contribution in [3.8, 4) is 0 Å². The lowest BCUT2D eigenvalue weighted by Crippen LogP contribution is -2.46. The van der Waals surface area contributed by atoms with Crippen molar-refractivity contribution >= 4 is 17.8 Å². The van der Waals surface area contributed by atoms with Crippen LogP contribution in [-0.2, 0) is 9.59 Å². The normalized spacial score (nSPS) is 22.2. The molecular formula is C14H19N5O4.